The van der Waals surface area contributed by atoms with Crippen LogP contribution in [0.2, 0.25) is 5.02 Å². The number of rotatable bonds is 11. The summed E-state index contributed by atoms with van der Waals surface area (Å²) < 4.78 is 67.1. The van der Waals surface area contributed by atoms with Crippen molar-refractivity contribution in [3.63, 3.8) is 0 Å². The van der Waals surface area contributed by atoms with Crippen LogP contribution in [-0.4, -0.2) is 62.1 Å². The summed E-state index contributed by atoms with van der Waals surface area (Å²) in [6.07, 6.45) is -10.2. The summed E-state index contributed by atoms with van der Waals surface area (Å²) in [6.45, 7) is -2.48. The van der Waals surface area contributed by atoms with E-state index in [2.05, 4.69) is 15.7 Å². The van der Waals surface area contributed by atoms with Gasteiger partial charge in [-0.1, -0.05) is 23.7 Å². The molecule has 4 N–H and O–H groups in total. The molecule has 0 spiro atoms. The molecule has 2 unspecified atom stereocenters. The number of hydrogen-bond acceptors (Lipinski definition) is 6. The van der Waals surface area contributed by atoms with Gasteiger partial charge in [0, 0.05) is 17.1 Å². The molecule has 2 atom stereocenters. The highest BCUT2D eigenvalue weighted by molar-refractivity contribution is 6.30. The molecule has 0 aliphatic rings. The molecular weight excluding hydrogens is 569 g/mol. The van der Waals surface area contributed by atoms with E-state index in [4.69, 9.17) is 16.7 Å². The number of carbonyl (C=O) groups is 2. The van der Waals surface area contributed by atoms with Gasteiger partial charge in [0.2, 0.25) is 11.8 Å². The number of amides is 2. The first-order valence-electron chi connectivity index (χ1n) is 11.6. The first-order chi connectivity index (χ1) is 18.8. The molecule has 16 heteroatoms. The monoisotopic (exact) mass is 591 g/mol. The molecule has 1 heterocycles. The van der Waals surface area contributed by atoms with Crippen molar-refractivity contribution in [2.75, 3.05) is 13.2 Å². The largest absolute Gasteiger partial charge is 0.416 e. The predicted octanol–water partition coefficient (Wildman–Crippen LogP) is 1.98. The molecule has 0 radical (unpaired) electrons. The van der Waals surface area contributed by atoms with Crippen LogP contribution in [0.5, 0.6) is 0 Å². The number of alkyl halides is 5. The van der Waals surface area contributed by atoms with Crippen LogP contribution in [-0.2, 0) is 28.9 Å². The van der Waals surface area contributed by atoms with E-state index in [0.717, 1.165) is 16.7 Å². The zero-order valence-corrected chi connectivity index (χ0v) is 21.2. The third kappa shape index (κ3) is 7.64. The highest BCUT2D eigenvalue weighted by Gasteiger charge is 2.32. The van der Waals surface area contributed by atoms with Gasteiger partial charge in [-0.05, 0) is 42.0 Å². The summed E-state index contributed by atoms with van der Waals surface area (Å²) in [6, 6.07) is 7.71. The molecule has 0 saturated carbocycles. The fraction of sp³-hybridized carbons (Fsp3) is 0.333. The third-order valence-electron chi connectivity index (χ3n) is 5.50. The molecule has 40 heavy (non-hydrogen) atoms. The van der Waals surface area contributed by atoms with E-state index in [-0.39, 0.29) is 23.5 Å². The van der Waals surface area contributed by atoms with E-state index < -0.39 is 67.5 Å². The van der Waals surface area contributed by atoms with Crippen molar-refractivity contribution in [2.45, 2.75) is 37.8 Å². The Hall–Kier alpha value is -3.82. The van der Waals surface area contributed by atoms with Crippen molar-refractivity contribution in [1.29, 1.82) is 0 Å². The Morgan fingerprint density at radius 1 is 1.10 bits per heavy atom. The Balaban J connectivity index is 1.94. The Kier molecular flexibility index (Phi) is 10.0. The van der Waals surface area contributed by atoms with Crippen molar-refractivity contribution >= 4 is 23.4 Å². The predicted molar refractivity (Wildman–Crippen MR) is 131 cm³/mol. The second-order valence-electron chi connectivity index (χ2n) is 8.42. The molecule has 3 rings (SSSR count). The number of hydrogen-bond donors (Lipinski definition) is 4. The second kappa shape index (κ2) is 13.0. The highest BCUT2D eigenvalue weighted by atomic mass is 35.5. The van der Waals surface area contributed by atoms with Crippen LogP contribution in [0.25, 0.3) is 11.4 Å². The Morgan fingerprint density at radius 3 is 2.38 bits per heavy atom. The van der Waals surface area contributed by atoms with Gasteiger partial charge >= 0.3 is 11.9 Å². The molecule has 1 aromatic heterocycles. The van der Waals surface area contributed by atoms with E-state index in [1.807, 2.05) is 0 Å². The Morgan fingerprint density at radius 2 is 1.77 bits per heavy atom. The van der Waals surface area contributed by atoms with Gasteiger partial charge in [-0.3, -0.25) is 14.2 Å². The molecular formula is C24H23ClF5N5O5. The van der Waals surface area contributed by atoms with Gasteiger partial charge in [0.05, 0.1) is 18.7 Å². The van der Waals surface area contributed by atoms with Crippen LogP contribution in [0.1, 0.15) is 17.2 Å². The van der Waals surface area contributed by atoms with Crippen LogP contribution in [0, 0.1) is 0 Å². The quantitative estimate of drug-likeness (QED) is 0.252. The highest BCUT2D eigenvalue weighted by Crippen LogP contribution is 2.31. The van der Waals surface area contributed by atoms with Crippen LogP contribution >= 0.6 is 11.6 Å². The molecule has 0 fully saturated rings. The SMILES string of the molecule is O=C(Cn1nc(-c2ccc(Cl)cc2)n(CC(O)C(F)F)c1=O)NC(C(=O)NCCO)c1cccc(C(F)(F)F)c1. The normalized spacial score (nSPS) is 13.2. The molecule has 0 aliphatic heterocycles. The van der Waals surface area contributed by atoms with Gasteiger partial charge in [0.15, 0.2) is 5.82 Å². The lowest BCUT2D eigenvalue weighted by molar-refractivity contribution is -0.137. The summed E-state index contributed by atoms with van der Waals surface area (Å²) in [4.78, 5) is 38.5. The van der Waals surface area contributed by atoms with Crippen LogP contribution in [0.3, 0.4) is 0 Å². The molecule has 216 valence electrons. The number of carbonyl (C=O) groups excluding carboxylic acids is 2. The maximum Gasteiger partial charge on any atom is 0.416 e. The topological polar surface area (TPSA) is 138 Å². The summed E-state index contributed by atoms with van der Waals surface area (Å²) in [5.41, 5.74) is -2.13. The van der Waals surface area contributed by atoms with E-state index in [0.29, 0.717) is 15.8 Å². The average molecular weight is 592 g/mol. The fourth-order valence-corrected chi connectivity index (χ4v) is 3.73. The molecule has 0 bridgehead atoms. The summed E-state index contributed by atoms with van der Waals surface area (Å²) >= 11 is 5.87. The first-order valence-corrected chi connectivity index (χ1v) is 11.9. The minimum Gasteiger partial charge on any atom is -0.395 e. The van der Waals surface area contributed by atoms with E-state index in [9.17, 15) is 41.4 Å². The maximum atomic E-state index is 13.2. The number of aliphatic hydroxyl groups is 2. The zero-order valence-electron chi connectivity index (χ0n) is 20.4. The number of nitrogens with one attached hydrogen (secondary N) is 2. The maximum absolute atomic E-state index is 13.2. The molecule has 3 aromatic rings. The Bertz CT molecular complexity index is 1390. The van der Waals surface area contributed by atoms with Crippen molar-refractivity contribution in [3.8, 4) is 11.4 Å². The Labute approximate surface area is 228 Å². The van der Waals surface area contributed by atoms with Crippen LogP contribution in [0.15, 0.2) is 53.3 Å². The van der Waals surface area contributed by atoms with Crippen molar-refractivity contribution in [3.05, 3.63) is 75.2 Å². The second-order valence-corrected chi connectivity index (χ2v) is 8.86. The van der Waals surface area contributed by atoms with Gasteiger partial charge in [-0.2, -0.15) is 13.2 Å². The summed E-state index contributed by atoms with van der Waals surface area (Å²) in [7, 11) is 0. The fourth-order valence-electron chi connectivity index (χ4n) is 3.61. The molecule has 0 saturated heterocycles. The van der Waals surface area contributed by atoms with Crippen molar-refractivity contribution in [1.82, 2.24) is 25.0 Å². The lowest BCUT2D eigenvalue weighted by Gasteiger charge is -2.20. The van der Waals surface area contributed by atoms with E-state index >= 15 is 0 Å². The standard InChI is InChI=1S/C24H23ClF5N5O5/c25-16-6-4-13(5-7-16)21-33-35(23(40)34(21)11-17(37)20(26)27)12-18(38)32-19(22(39)31-8-9-36)14-2-1-3-15(10-14)24(28,29)30/h1-7,10,17,19-20,36-37H,8-9,11-12H2,(H,31,39)(H,32,38). The lowest BCUT2D eigenvalue weighted by atomic mass is 10.0. The lowest BCUT2D eigenvalue weighted by Crippen LogP contribution is -2.43. The summed E-state index contributed by atoms with van der Waals surface area (Å²) in [5, 5.41) is 27.5. The average Bonchev–Trinajstić information content (AvgIpc) is 3.20. The third-order valence-corrected chi connectivity index (χ3v) is 5.76. The molecule has 2 aromatic carbocycles. The number of aliphatic hydroxyl groups excluding tert-OH is 2. The van der Waals surface area contributed by atoms with Gasteiger partial charge < -0.3 is 20.8 Å². The van der Waals surface area contributed by atoms with Gasteiger partial charge in [0.25, 0.3) is 6.43 Å². The minimum absolute atomic E-state index is 0.177. The number of halogens is 6. The smallest absolute Gasteiger partial charge is 0.395 e. The number of nitrogens with zero attached hydrogens (tertiary/aromatic N) is 3. The van der Waals surface area contributed by atoms with Gasteiger partial charge in [-0.25, -0.2) is 18.3 Å². The van der Waals surface area contributed by atoms with Crippen molar-refractivity contribution in [2.24, 2.45) is 0 Å². The molecule has 2 amide bonds. The molecule has 0 aliphatic carbocycles. The number of benzene rings is 2. The van der Waals surface area contributed by atoms with Gasteiger partial charge in [0.1, 0.15) is 18.7 Å². The van der Waals surface area contributed by atoms with E-state index in [1.165, 1.54) is 30.3 Å². The van der Waals surface area contributed by atoms with E-state index in [1.54, 1.807) is 0 Å². The van der Waals surface area contributed by atoms with Crippen molar-refractivity contribution < 1.29 is 41.8 Å². The van der Waals surface area contributed by atoms with Gasteiger partial charge in [-0.15, -0.1) is 5.10 Å². The van der Waals surface area contributed by atoms with Crippen LogP contribution < -0.4 is 16.3 Å². The minimum atomic E-state index is -4.74. The first kappa shape index (κ1) is 30.7. The summed E-state index contributed by atoms with van der Waals surface area (Å²) in [5.74, 6) is -2.16. The molecule has 10 nitrogen and oxygen atoms in total. The van der Waals surface area contributed by atoms with Crippen LogP contribution in [0.4, 0.5) is 22.0 Å². The zero-order chi connectivity index (χ0) is 29.6. The number of aromatic nitrogens is 3.